The van der Waals surface area contributed by atoms with Gasteiger partial charge in [0, 0.05) is 17.5 Å². The number of carbonyl (C=O) groups excluding carboxylic acids is 2. The molecule has 2 aromatic rings. The van der Waals surface area contributed by atoms with E-state index < -0.39 is 11.9 Å². The average molecular weight is 331 g/mol. The maximum absolute atomic E-state index is 12.4. The fourth-order valence-electron chi connectivity index (χ4n) is 2.42. The highest BCUT2D eigenvalue weighted by Gasteiger charge is 2.25. The first-order chi connectivity index (χ1) is 11.1. The fourth-order valence-corrected chi connectivity index (χ4v) is 3.07. The van der Waals surface area contributed by atoms with E-state index in [2.05, 4.69) is 20.6 Å². The smallest absolute Gasteiger partial charge is 0.274 e. The summed E-state index contributed by atoms with van der Waals surface area (Å²) in [4.78, 5) is 32.7. The number of nitrogens with one attached hydrogen (secondary N) is 2. The Morgan fingerprint density at radius 2 is 2.30 bits per heavy atom. The molecule has 7 nitrogen and oxygen atoms in total. The van der Waals surface area contributed by atoms with Gasteiger partial charge in [0.15, 0.2) is 11.5 Å². The average Bonchev–Trinajstić information content (AvgIpc) is 3.00. The highest BCUT2D eigenvalue weighted by Crippen LogP contribution is 2.21. The van der Waals surface area contributed by atoms with Crippen LogP contribution in [-0.2, 0) is 4.79 Å². The zero-order valence-electron chi connectivity index (χ0n) is 12.4. The summed E-state index contributed by atoms with van der Waals surface area (Å²) in [5.74, 6) is -0.596. The Balaban J connectivity index is 1.81. The molecule has 4 N–H and O–H groups in total. The molecule has 120 valence electrons. The van der Waals surface area contributed by atoms with Crippen LogP contribution in [0.25, 0.3) is 11.3 Å². The van der Waals surface area contributed by atoms with Crippen molar-refractivity contribution in [1.29, 1.82) is 0 Å². The Labute approximate surface area is 137 Å². The summed E-state index contributed by atoms with van der Waals surface area (Å²) >= 11 is 1.53. The summed E-state index contributed by atoms with van der Waals surface area (Å²) < 4.78 is 0. The summed E-state index contributed by atoms with van der Waals surface area (Å²) in [6.45, 7) is 0.640. The molecule has 0 unspecified atom stereocenters. The molecule has 23 heavy (non-hydrogen) atoms. The molecule has 0 bridgehead atoms. The van der Waals surface area contributed by atoms with E-state index in [-0.39, 0.29) is 17.4 Å². The van der Waals surface area contributed by atoms with Gasteiger partial charge in [-0.15, -0.1) is 0 Å². The van der Waals surface area contributed by atoms with Gasteiger partial charge < -0.3 is 16.4 Å². The van der Waals surface area contributed by atoms with E-state index in [0.717, 1.165) is 18.4 Å². The molecule has 0 aliphatic carbocycles. The minimum Gasteiger partial charge on any atom is -0.382 e. The molecule has 1 fully saturated rings. The van der Waals surface area contributed by atoms with Gasteiger partial charge in [-0.2, -0.15) is 11.3 Å². The van der Waals surface area contributed by atoms with Crippen molar-refractivity contribution in [2.75, 3.05) is 12.3 Å². The van der Waals surface area contributed by atoms with Gasteiger partial charge in [0.05, 0.1) is 11.9 Å². The molecule has 2 amide bonds. The van der Waals surface area contributed by atoms with Crippen LogP contribution in [0.5, 0.6) is 0 Å². The van der Waals surface area contributed by atoms with Gasteiger partial charge in [-0.3, -0.25) is 9.59 Å². The Bertz CT molecular complexity index is 717. The Morgan fingerprint density at radius 1 is 1.43 bits per heavy atom. The summed E-state index contributed by atoms with van der Waals surface area (Å²) in [6.07, 6.45) is 3.93. The minimum absolute atomic E-state index is 0.0470. The van der Waals surface area contributed by atoms with E-state index in [1.807, 2.05) is 16.8 Å². The van der Waals surface area contributed by atoms with Gasteiger partial charge in [0.25, 0.3) is 5.91 Å². The van der Waals surface area contributed by atoms with Crippen molar-refractivity contribution in [3.05, 3.63) is 28.7 Å². The number of rotatable bonds is 3. The molecule has 1 saturated heterocycles. The SMILES string of the molecule is Nc1ncc(-c2ccsc2)nc1C(=O)N[C@H]1CCCCNC1=O. The zero-order chi connectivity index (χ0) is 16.2. The third kappa shape index (κ3) is 3.48. The van der Waals surface area contributed by atoms with Crippen molar-refractivity contribution >= 4 is 29.0 Å². The van der Waals surface area contributed by atoms with Crippen LogP contribution in [0.2, 0.25) is 0 Å². The lowest BCUT2D eigenvalue weighted by Gasteiger charge is -2.15. The van der Waals surface area contributed by atoms with Crippen LogP contribution >= 0.6 is 11.3 Å². The number of hydrogen-bond donors (Lipinski definition) is 3. The predicted octanol–water partition coefficient (Wildman–Crippen LogP) is 1.19. The summed E-state index contributed by atoms with van der Waals surface area (Å²) in [6, 6.07) is 1.33. The molecular formula is C15H17N5O2S. The second-order valence-corrected chi connectivity index (χ2v) is 6.09. The van der Waals surface area contributed by atoms with Crippen LogP contribution in [0.1, 0.15) is 29.8 Å². The van der Waals surface area contributed by atoms with Crippen LogP contribution in [0.3, 0.4) is 0 Å². The highest BCUT2D eigenvalue weighted by molar-refractivity contribution is 7.08. The first-order valence-corrected chi connectivity index (χ1v) is 8.33. The molecule has 2 aromatic heterocycles. The van der Waals surface area contributed by atoms with Crippen LogP contribution in [-0.4, -0.2) is 34.4 Å². The van der Waals surface area contributed by atoms with Gasteiger partial charge in [0.2, 0.25) is 5.91 Å². The fraction of sp³-hybridized carbons (Fsp3) is 0.333. The number of aromatic nitrogens is 2. The van der Waals surface area contributed by atoms with Crippen molar-refractivity contribution in [2.24, 2.45) is 0 Å². The van der Waals surface area contributed by atoms with E-state index in [0.29, 0.717) is 18.7 Å². The van der Waals surface area contributed by atoms with Crippen molar-refractivity contribution in [3.8, 4) is 11.3 Å². The number of hydrogen-bond acceptors (Lipinski definition) is 6. The van der Waals surface area contributed by atoms with E-state index in [1.54, 1.807) is 0 Å². The third-order valence-electron chi connectivity index (χ3n) is 3.67. The number of nitrogens with zero attached hydrogens (tertiary/aromatic N) is 2. The standard InChI is InChI=1S/C15H17N5O2S/c16-13-12(19-11(7-18-13)9-4-6-23-8-9)15(22)20-10-3-1-2-5-17-14(10)21/h4,6-8,10H,1-3,5H2,(H2,16,18)(H,17,21)(H,20,22)/t10-/m0/s1. The lowest BCUT2D eigenvalue weighted by molar-refractivity contribution is -0.122. The summed E-state index contributed by atoms with van der Waals surface area (Å²) in [5, 5.41) is 9.32. The van der Waals surface area contributed by atoms with Gasteiger partial charge in [-0.25, -0.2) is 9.97 Å². The number of thiophene rings is 1. The summed E-state index contributed by atoms with van der Waals surface area (Å²) in [5.41, 5.74) is 7.29. The van der Waals surface area contributed by atoms with Crippen molar-refractivity contribution in [2.45, 2.75) is 25.3 Å². The lowest BCUT2D eigenvalue weighted by Crippen LogP contribution is -2.45. The Hall–Kier alpha value is -2.48. The first kappa shape index (κ1) is 15.4. The molecule has 3 heterocycles. The largest absolute Gasteiger partial charge is 0.382 e. The quantitative estimate of drug-likeness (QED) is 0.782. The van der Waals surface area contributed by atoms with Crippen molar-refractivity contribution in [1.82, 2.24) is 20.6 Å². The second-order valence-electron chi connectivity index (χ2n) is 5.31. The molecule has 1 aliphatic heterocycles. The molecule has 1 aliphatic rings. The number of amides is 2. The zero-order valence-corrected chi connectivity index (χ0v) is 13.2. The molecule has 0 spiro atoms. The number of anilines is 1. The monoisotopic (exact) mass is 331 g/mol. The molecule has 3 rings (SSSR count). The first-order valence-electron chi connectivity index (χ1n) is 7.39. The Morgan fingerprint density at radius 3 is 3.09 bits per heavy atom. The predicted molar refractivity (Wildman–Crippen MR) is 87.9 cm³/mol. The maximum atomic E-state index is 12.4. The third-order valence-corrected chi connectivity index (χ3v) is 4.36. The van der Waals surface area contributed by atoms with Crippen LogP contribution in [0.4, 0.5) is 5.82 Å². The second kappa shape index (κ2) is 6.74. The number of carbonyl (C=O) groups is 2. The molecular weight excluding hydrogens is 314 g/mol. The topological polar surface area (TPSA) is 110 Å². The van der Waals surface area contributed by atoms with E-state index in [1.165, 1.54) is 17.5 Å². The molecule has 0 aromatic carbocycles. The molecule has 0 saturated carbocycles. The minimum atomic E-state index is -0.559. The van der Waals surface area contributed by atoms with Crippen LogP contribution in [0.15, 0.2) is 23.0 Å². The molecule has 8 heteroatoms. The summed E-state index contributed by atoms with van der Waals surface area (Å²) in [7, 11) is 0. The van der Waals surface area contributed by atoms with Gasteiger partial charge in [0.1, 0.15) is 6.04 Å². The van der Waals surface area contributed by atoms with Crippen molar-refractivity contribution in [3.63, 3.8) is 0 Å². The molecule has 0 radical (unpaired) electrons. The van der Waals surface area contributed by atoms with Gasteiger partial charge >= 0.3 is 0 Å². The van der Waals surface area contributed by atoms with E-state index >= 15 is 0 Å². The maximum Gasteiger partial charge on any atom is 0.274 e. The number of nitrogen functional groups attached to an aromatic ring is 1. The highest BCUT2D eigenvalue weighted by atomic mass is 32.1. The van der Waals surface area contributed by atoms with Crippen LogP contribution in [0, 0.1) is 0 Å². The van der Waals surface area contributed by atoms with Crippen LogP contribution < -0.4 is 16.4 Å². The van der Waals surface area contributed by atoms with Crippen molar-refractivity contribution < 1.29 is 9.59 Å². The molecule has 1 atom stereocenters. The van der Waals surface area contributed by atoms with Gasteiger partial charge in [-0.1, -0.05) is 0 Å². The Kier molecular flexibility index (Phi) is 4.52. The van der Waals surface area contributed by atoms with E-state index in [4.69, 9.17) is 5.73 Å². The normalized spacial score (nSPS) is 18.1. The number of nitrogens with two attached hydrogens (primary N) is 1. The van der Waals surface area contributed by atoms with Gasteiger partial charge in [-0.05, 0) is 30.7 Å². The van der Waals surface area contributed by atoms with E-state index in [9.17, 15) is 9.59 Å². The lowest BCUT2D eigenvalue weighted by atomic mass is 10.1.